The number of thioether (sulfide) groups is 1. The molecule has 1 aliphatic rings. The Balaban J connectivity index is 1.58. The van der Waals surface area contributed by atoms with Crippen LogP contribution in [-0.2, 0) is 9.59 Å². The van der Waals surface area contributed by atoms with Crippen molar-refractivity contribution in [2.75, 3.05) is 11.9 Å². The van der Waals surface area contributed by atoms with Gasteiger partial charge in [0.15, 0.2) is 0 Å². The van der Waals surface area contributed by atoms with E-state index in [4.69, 9.17) is 12.2 Å². The SMILES string of the molecule is Cc1nnc(NC(=O)CCN2C(=O)/C(=C/c3cccs3)SC2=S)s1. The number of aromatic nitrogens is 2. The van der Waals surface area contributed by atoms with Crippen LogP contribution in [0.25, 0.3) is 6.08 Å². The average molecular weight is 397 g/mol. The molecule has 10 heteroatoms. The Hall–Kier alpha value is -1.62. The zero-order valence-corrected chi connectivity index (χ0v) is 15.8. The van der Waals surface area contributed by atoms with Crippen molar-refractivity contribution in [3.05, 3.63) is 32.3 Å². The Morgan fingerprint density at radius 2 is 2.29 bits per heavy atom. The zero-order valence-electron chi connectivity index (χ0n) is 12.5. The largest absolute Gasteiger partial charge is 0.300 e. The molecule has 0 bridgehead atoms. The maximum absolute atomic E-state index is 12.4. The van der Waals surface area contributed by atoms with Gasteiger partial charge in [-0.05, 0) is 24.4 Å². The van der Waals surface area contributed by atoms with E-state index in [1.807, 2.05) is 30.5 Å². The number of nitrogens with one attached hydrogen (secondary N) is 1. The predicted octanol–water partition coefficient (Wildman–Crippen LogP) is 3.14. The van der Waals surface area contributed by atoms with Gasteiger partial charge in [-0.1, -0.05) is 41.4 Å². The number of hydrogen-bond acceptors (Lipinski definition) is 8. The van der Waals surface area contributed by atoms with E-state index in [1.165, 1.54) is 28.0 Å². The van der Waals surface area contributed by atoms with Crippen LogP contribution >= 0.6 is 46.7 Å². The third-order valence-electron chi connectivity index (χ3n) is 3.02. The Kier molecular flexibility index (Phi) is 5.39. The number of aryl methyl sites for hydroxylation is 1. The minimum absolute atomic E-state index is 0.150. The molecule has 0 atom stereocenters. The number of hydrogen-bond donors (Lipinski definition) is 1. The van der Waals surface area contributed by atoms with Crippen molar-refractivity contribution in [3.63, 3.8) is 0 Å². The Morgan fingerprint density at radius 3 is 2.96 bits per heavy atom. The summed E-state index contributed by atoms with van der Waals surface area (Å²) in [5.74, 6) is -0.375. The molecule has 2 aromatic heterocycles. The van der Waals surface area contributed by atoms with Crippen molar-refractivity contribution >= 4 is 74.0 Å². The fourth-order valence-corrected chi connectivity index (χ4v) is 4.58. The highest BCUT2D eigenvalue weighted by atomic mass is 32.2. The predicted molar refractivity (Wildman–Crippen MR) is 102 cm³/mol. The van der Waals surface area contributed by atoms with Crippen LogP contribution in [0.4, 0.5) is 5.13 Å². The van der Waals surface area contributed by atoms with Crippen molar-refractivity contribution < 1.29 is 9.59 Å². The summed E-state index contributed by atoms with van der Waals surface area (Å²) in [6.45, 7) is 2.06. The van der Waals surface area contributed by atoms with Gasteiger partial charge < -0.3 is 5.32 Å². The van der Waals surface area contributed by atoms with Crippen LogP contribution in [0, 0.1) is 6.92 Å². The number of nitrogens with zero attached hydrogens (tertiary/aromatic N) is 3. The summed E-state index contributed by atoms with van der Waals surface area (Å²) in [5.41, 5.74) is 0. The lowest BCUT2D eigenvalue weighted by molar-refractivity contribution is -0.122. The van der Waals surface area contributed by atoms with Gasteiger partial charge in [0.2, 0.25) is 11.0 Å². The second-order valence-corrected chi connectivity index (χ2v) is 8.61. The smallest absolute Gasteiger partial charge is 0.266 e. The fourth-order valence-electron chi connectivity index (χ4n) is 1.94. The molecule has 24 heavy (non-hydrogen) atoms. The number of anilines is 1. The number of thiophene rings is 1. The minimum atomic E-state index is -0.220. The highest BCUT2D eigenvalue weighted by molar-refractivity contribution is 8.26. The second-order valence-electron chi connectivity index (χ2n) is 4.77. The topological polar surface area (TPSA) is 75.2 Å². The lowest BCUT2D eigenvalue weighted by Gasteiger charge is -2.13. The van der Waals surface area contributed by atoms with E-state index in [2.05, 4.69) is 15.5 Å². The first-order valence-corrected chi connectivity index (χ1v) is 9.84. The van der Waals surface area contributed by atoms with Crippen LogP contribution < -0.4 is 5.32 Å². The van der Waals surface area contributed by atoms with Crippen LogP contribution in [0.3, 0.4) is 0 Å². The van der Waals surface area contributed by atoms with Gasteiger partial charge in [-0.3, -0.25) is 14.5 Å². The molecule has 0 radical (unpaired) electrons. The molecule has 124 valence electrons. The molecular weight excluding hydrogens is 384 g/mol. The molecule has 1 fully saturated rings. The Morgan fingerprint density at radius 1 is 1.46 bits per heavy atom. The molecular formula is C14H12N4O2S4. The van der Waals surface area contributed by atoms with Gasteiger partial charge in [-0.15, -0.1) is 21.5 Å². The number of carbonyl (C=O) groups is 2. The van der Waals surface area contributed by atoms with E-state index in [9.17, 15) is 9.59 Å². The van der Waals surface area contributed by atoms with Crippen molar-refractivity contribution in [1.82, 2.24) is 15.1 Å². The minimum Gasteiger partial charge on any atom is -0.300 e. The number of amides is 2. The Labute approximate surface area is 156 Å². The number of rotatable bonds is 5. The van der Waals surface area contributed by atoms with E-state index in [-0.39, 0.29) is 24.8 Å². The molecule has 3 rings (SSSR count). The maximum Gasteiger partial charge on any atom is 0.266 e. The molecule has 1 aliphatic heterocycles. The summed E-state index contributed by atoms with van der Waals surface area (Å²) in [4.78, 5) is 27.4. The van der Waals surface area contributed by atoms with Crippen molar-refractivity contribution in [2.45, 2.75) is 13.3 Å². The van der Waals surface area contributed by atoms with Gasteiger partial charge >= 0.3 is 0 Å². The van der Waals surface area contributed by atoms with E-state index in [0.717, 1.165) is 9.88 Å². The molecule has 1 saturated heterocycles. The van der Waals surface area contributed by atoms with E-state index in [0.29, 0.717) is 14.4 Å². The highest BCUT2D eigenvalue weighted by Gasteiger charge is 2.32. The maximum atomic E-state index is 12.4. The van der Waals surface area contributed by atoms with E-state index >= 15 is 0 Å². The van der Waals surface area contributed by atoms with Gasteiger partial charge in [0.25, 0.3) is 5.91 Å². The highest BCUT2D eigenvalue weighted by Crippen LogP contribution is 2.33. The van der Waals surface area contributed by atoms with Crippen LogP contribution in [0.15, 0.2) is 22.4 Å². The molecule has 0 saturated carbocycles. The quantitative estimate of drug-likeness (QED) is 0.618. The van der Waals surface area contributed by atoms with Crippen LogP contribution in [0.5, 0.6) is 0 Å². The molecule has 2 aromatic rings. The van der Waals surface area contributed by atoms with E-state index in [1.54, 1.807) is 11.3 Å². The summed E-state index contributed by atoms with van der Waals surface area (Å²) in [6.07, 6.45) is 1.98. The van der Waals surface area contributed by atoms with Crippen LogP contribution in [0.2, 0.25) is 0 Å². The summed E-state index contributed by atoms with van der Waals surface area (Å²) in [5, 5.41) is 13.5. The van der Waals surface area contributed by atoms with Gasteiger partial charge in [0.1, 0.15) is 9.33 Å². The zero-order chi connectivity index (χ0) is 17.1. The summed E-state index contributed by atoms with van der Waals surface area (Å²) in [6, 6.07) is 3.87. The monoisotopic (exact) mass is 396 g/mol. The second kappa shape index (κ2) is 7.51. The summed E-state index contributed by atoms with van der Waals surface area (Å²) < 4.78 is 0.474. The normalized spacial score (nSPS) is 16.2. The fraction of sp³-hybridized carbons (Fsp3) is 0.214. The van der Waals surface area contributed by atoms with Crippen molar-refractivity contribution in [2.24, 2.45) is 0 Å². The van der Waals surface area contributed by atoms with Gasteiger partial charge in [0.05, 0.1) is 4.91 Å². The van der Waals surface area contributed by atoms with Crippen LogP contribution in [0.1, 0.15) is 16.3 Å². The lowest BCUT2D eigenvalue weighted by atomic mass is 10.3. The molecule has 0 aromatic carbocycles. The van der Waals surface area contributed by atoms with Gasteiger partial charge in [-0.2, -0.15) is 0 Å². The third-order valence-corrected chi connectivity index (χ3v) is 5.98. The molecule has 3 heterocycles. The summed E-state index contributed by atoms with van der Waals surface area (Å²) >= 11 is 9.38. The number of thiocarbonyl (C=S) groups is 1. The third kappa shape index (κ3) is 4.07. The first-order chi connectivity index (χ1) is 11.5. The molecule has 1 N–H and O–H groups in total. The molecule has 0 unspecified atom stereocenters. The number of carbonyl (C=O) groups excluding carboxylic acids is 2. The molecule has 6 nitrogen and oxygen atoms in total. The molecule has 0 spiro atoms. The first kappa shape index (κ1) is 17.2. The summed E-state index contributed by atoms with van der Waals surface area (Å²) in [7, 11) is 0. The van der Waals surface area contributed by atoms with Gasteiger partial charge in [0, 0.05) is 17.8 Å². The average Bonchev–Trinajstić information content (AvgIpc) is 3.23. The lowest BCUT2D eigenvalue weighted by Crippen LogP contribution is -2.31. The Bertz CT molecular complexity index is 813. The van der Waals surface area contributed by atoms with Crippen molar-refractivity contribution in [1.29, 1.82) is 0 Å². The standard InChI is InChI=1S/C14H12N4O2S4/c1-8-16-17-13(23-8)15-11(19)4-5-18-12(20)10(24-14(18)21)7-9-3-2-6-22-9/h2-3,6-7H,4-5H2,1H3,(H,15,17,19)/b10-7-. The van der Waals surface area contributed by atoms with Crippen molar-refractivity contribution in [3.8, 4) is 0 Å². The van der Waals surface area contributed by atoms with Gasteiger partial charge in [-0.25, -0.2) is 0 Å². The molecule has 2 amide bonds. The van der Waals surface area contributed by atoms with Crippen LogP contribution in [-0.4, -0.2) is 37.8 Å². The molecule has 0 aliphatic carbocycles. The van der Waals surface area contributed by atoms with E-state index < -0.39 is 0 Å². The first-order valence-electron chi connectivity index (χ1n) is 6.92.